The lowest BCUT2D eigenvalue weighted by molar-refractivity contribution is -0.140. The summed E-state index contributed by atoms with van der Waals surface area (Å²) in [7, 11) is 0. The molecule has 3 rings (SSSR count). The minimum Gasteiger partial charge on any atom is -0.354 e. The van der Waals surface area contributed by atoms with E-state index in [1.165, 1.54) is 12.1 Å². The van der Waals surface area contributed by atoms with Gasteiger partial charge in [-0.2, -0.15) is 0 Å². The summed E-state index contributed by atoms with van der Waals surface area (Å²) in [6.45, 7) is 2.48. The normalized spacial score (nSPS) is 11.6. The van der Waals surface area contributed by atoms with Gasteiger partial charge < -0.3 is 10.2 Å². The fourth-order valence-electron chi connectivity index (χ4n) is 3.53. The lowest BCUT2D eigenvalue weighted by atomic mass is 10.1. The fraction of sp³-hybridized carbons (Fsp3) is 0.259. The third kappa shape index (κ3) is 7.05. The number of halogens is 1. The average molecular weight is 433 g/mol. The molecule has 5 heteroatoms. The molecule has 0 radical (unpaired) electrons. The molecule has 1 atom stereocenters. The van der Waals surface area contributed by atoms with Crippen LogP contribution in [-0.4, -0.2) is 29.3 Å². The van der Waals surface area contributed by atoms with Gasteiger partial charge in [0, 0.05) is 19.5 Å². The van der Waals surface area contributed by atoms with E-state index in [0.29, 0.717) is 19.4 Å². The number of rotatable bonds is 10. The van der Waals surface area contributed by atoms with Crippen molar-refractivity contribution < 1.29 is 14.0 Å². The summed E-state index contributed by atoms with van der Waals surface area (Å²) in [6, 6.07) is 25.1. The molecule has 0 saturated carbocycles. The Hall–Kier alpha value is -3.47. The second-order valence-corrected chi connectivity index (χ2v) is 7.84. The predicted octanol–water partition coefficient (Wildman–Crippen LogP) is 4.53. The fourth-order valence-corrected chi connectivity index (χ4v) is 3.53. The molecular formula is C27H29FN2O2. The Morgan fingerprint density at radius 1 is 0.812 bits per heavy atom. The Balaban J connectivity index is 1.64. The topological polar surface area (TPSA) is 49.4 Å². The summed E-state index contributed by atoms with van der Waals surface area (Å²) in [6.07, 6.45) is 1.62. The van der Waals surface area contributed by atoms with Gasteiger partial charge in [-0.3, -0.25) is 9.59 Å². The Morgan fingerprint density at radius 2 is 1.38 bits per heavy atom. The van der Waals surface area contributed by atoms with Crippen molar-refractivity contribution in [1.29, 1.82) is 0 Å². The lowest BCUT2D eigenvalue weighted by Gasteiger charge is -2.29. The standard InChI is InChI=1S/C27H29FN2O2/c1-21(27(32)29-19-18-23-10-6-3-7-11-23)30(20-24-12-15-25(28)16-13-24)26(31)17-14-22-8-4-2-5-9-22/h2-13,15-16,21H,14,17-20H2,1H3,(H,29,32)/t21-/m1/s1. The van der Waals surface area contributed by atoms with Gasteiger partial charge in [0.15, 0.2) is 0 Å². The van der Waals surface area contributed by atoms with E-state index in [-0.39, 0.29) is 24.2 Å². The summed E-state index contributed by atoms with van der Waals surface area (Å²) < 4.78 is 13.3. The summed E-state index contributed by atoms with van der Waals surface area (Å²) in [5.41, 5.74) is 2.99. The van der Waals surface area contributed by atoms with Gasteiger partial charge in [-0.15, -0.1) is 0 Å². The first-order valence-electron chi connectivity index (χ1n) is 10.9. The van der Waals surface area contributed by atoms with Crippen LogP contribution in [0.15, 0.2) is 84.9 Å². The van der Waals surface area contributed by atoms with Gasteiger partial charge in [0.2, 0.25) is 11.8 Å². The average Bonchev–Trinajstić information content (AvgIpc) is 2.83. The lowest BCUT2D eigenvalue weighted by Crippen LogP contribution is -2.48. The van der Waals surface area contributed by atoms with Gasteiger partial charge in [0.25, 0.3) is 0 Å². The smallest absolute Gasteiger partial charge is 0.242 e. The molecule has 0 aromatic heterocycles. The second-order valence-electron chi connectivity index (χ2n) is 7.84. The molecule has 0 aliphatic rings. The number of amides is 2. The zero-order valence-corrected chi connectivity index (χ0v) is 18.3. The maximum absolute atomic E-state index is 13.3. The molecule has 1 N–H and O–H groups in total. The van der Waals surface area contributed by atoms with Gasteiger partial charge in [0.1, 0.15) is 11.9 Å². The van der Waals surface area contributed by atoms with Crippen LogP contribution in [-0.2, 0) is 29.0 Å². The highest BCUT2D eigenvalue weighted by Gasteiger charge is 2.25. The molecule has 0 saturated heterocycles. The van der Waals surface area contributed by atoms with E-state index in [1.54, 1.807) is 24.0 Å². The number of carbonyl (C=O) groups excluding carboxylic acids is 2. The number of carbonyl (C=O) groups is 2. The van der Waals surface area contributed by atoms with Crippen molar-refractivity contribution in [3.8, 4) is 0 Å². The molecule has 166 valence electrons. The largest absolute Gasteiger partial charge is 0.354 e. The zero-order chi connectivity index (χ0) is 22.8. The molecule has 32 heavy (non-hydrogen) atoms. The Kier molecular flexibility index (Phi) is 8.55. The van der Waals surface area contributed by atoms with Gasteiger partial charge >= 0.3 is 0 Å². The van der Waals surface area contributed by atoms with Gasteiger partial charge in [-0.1, -0.05) is 72.8 Å². The van der Waals surface area contributed by atoms with E-state index in [4.69, 9.17) is 0 Å². The summed E-state index contributed by atoms with van der Waals surface area (Å²) >= 11 is 0. The first-order chi connectivity index (χ1) is 15.5. The molecule has 0 bridgehead atoms. The van der Waals surface area contributed by atoms with Crippen LogP contribution in [0.1, 0.15) is 30.0 Å². The zero-order valence-electron chi connectivity index (χ0n) is 18.3. The van der Waals surface area contributed by atoms with Crippen molar-refractivity contribution in [3.63, 3.8) is 0 Å². The van der Waals surface area contributed by atoms with Crippen LogP contribution in [0.2, 0.25) is 0 Å². The van der Waals surface area contributed by atoms with Crippen LogP contribution in [0.25, 0.3) is 0 Å². The molecule has 0 aliphatic carbocycles. The monoisotopic (exact) mass is 432 g/mol. The molecule has 2 amide bonds. The summed E-state index contributed by atoms with van der Waals surface area (Å²) in [5.74, 6) is -0.637. The van der Waals surface area contributed by atoms with Crippen LogP contribution >= 0.6 is 0 Å². The SMILES string of the molecule is C[C@H](C(=O)NCCc1ccccc1)N(Cc1ccc(F)cc1)C(=O)CCc1ccccc1. The van der Waals surface area contributed by atoms with Crippen LogP contribution < -0.4 is 5.32 Å². The Labute approximate surface area is 189 Å². The molecule has 3 aromatic rings. The van der Waals surface area contributed by atoms with Gasteiger partial charge in [-0.25, -0.2) is 4.39 Å². The number of hydrogen-bond donors (Lipinski definition) is 1. The van der Waals surface area contributed by atoms with Crippen LogP contribution in [0.4, 0.5) is 4.39 Å². The minimum atomic E-state index is -0.640. The molecule has 0 heterocycles. The van der Waals surface area contributed by atoms with Crippen molar-refractivity contribution >= 4 is 11.8 Å². The van der Waals surface area contributed by atoms with Crippen molar-refractivity contribution in [2.45, 2.75) is 38.8 Å². The second kappa shape index (κ2) is 11.8. The molecular weight excluding hydrogens is 403 g/mol. The first-order valence-corrected chi connectivity index (χ1v) is 10.9. The first kappa shape index (κ1) is 23.2. The predicted molar refractivity (Wildman–Crippen MR) is 124 cm³/mol. The van der Waals surface area contributed by atoms with Crippen LogP contribution in [0, 0.1) is 5.82 Å². The third-order valence-electron chi connectivity index (χ3n) is 5.46. The number of nitrogens with zero attached hydrogens (tertiary/aromatic N) is 1. The molecule has 0 unspecified atom stereocenters. The van der Waals surface area contributed by atoms with Crippen molar-refractivity contribution in [3.05, 3.63) is 107 Å². The number of aryl methyl sites for hydroxylation is 1. The van der Waals surface area contributed by atoms with Crippen molar-refractivity contribution in [1.82, 2.24) is 10.2 Å². The summed E-state index contributed by atoms with van der Waals surface area (Å²) in [5, 5.41) is 2.94. The maximum Gasteiger partial charge on any atom is 0.242 e. The van der Waals surface area contributed by atoms with Gasteiger partial charge in [-0.05, 0) is 48.6 Å². The van der Waals surface area contributed by atoms with Crippen molar-refractivity contribution in [2.24, 2.45) is 0 Å². The Bertz CT molecular complexity index is 991. The van der Waals surface area contributed by atoms with E-state index >= 15 is 0 Å². The number of hydrogen-bond acceptors (Lipinski definition) is 2. The number of nitrogens with one attached hydrogen (secondary N) is 1. The van der Waals surface area contributed by atoms with Crippen LogP contribution in [0.3, 0.4) is 0 Å². The highest BCUT2D eigenvalue weighted by atomic mass is 19.1. The van der Waals surface area contributed by atoms with E-state index < -0.39 is 6.04 Å². The van der Waals surface area contributed by atoms with E-state index in [1.807, 2.05) is 60.7 Å². The molecule has 3 aromatic carbocycles. The quantitative estimate of drug-likeness (QED) is 0.512. The molecule has 0 aliphatic heterocycles. The van der Waals surface area contributed by atoms with Crippen LogP contribution in [0.5, 0.6) is 0 Å². The Morgan fingerprint density at radius 3 is 1.97 bits per heavy atom. The van der Waals surface area contributed by atoms with Gasteiger partial charge in [0.05, 0.1) is 0 Å². The molecule has 4 nitrogen and oxygen atoms in total. The third-order valence-corrected chi connectivity index (χ3v) is 5.46. The highest BCUT2D eigenvalue weighted by Crippen LogP contribution is 2.14. The summed E-state index contributed by atoms with van der Waals surface area (Å²) in [4.78, 5) is 27.5. The maximum atomic E-state index is 13.3. The van der Waals surface area contributed by atoms with E-state index in [2.05, 4.69) is 5.32 Å². The highest BCUT2D eigenvalue weighted by molar-refractivity contribution is 5.87. The van der Waals surface area contributed by atoms with E-state index in [9.17, 15) is 14.0 Å². The minimum absolute atomic E-state index is 0.108. The van der Waals surface area contributed by atoms with E-state index in [0.717, 1.165) is 23.1 Å². The molecule has 0 spiro atoms. The number of benzene rings is 3. The molecule has 0 fully saturated rings. The van der Waals surface area contributed by atoms with Crippen molar-refractivity contribution in [2.75, 3.05) is 6.54 Å².